The van der Waals surface area contributed by atoms with Crippen LogP contribution in [0.3, 0.4) is 0 Å². The van der Waals surface area contributed by atoms with Gasteiger partial charge in [-0.05, 0) is 35.2 Å². The van der Waals surface area contributed by atoms with Gasteiger partial charge in [0.05, 0.1) is 23.5 Å². The Hall–Kier alpha value is -2.96. The zero-order chi connectivity index (χ0) is 20.2. The van der Waals surface area contributed by atoms with E-state index in [2.05, 4.69) is 5.32 Å². The number of carbonyl (C=O) groups is 2. The van der Waals surface area contributed by atoms with Crippen LogP contribution in [0.15, 0.2) is 71.0 Å². The molecule has 1 N–H and O–H groups in total. The number of carbonyl (C=O) groups excluding carboxylic acids is 2. The van der Waals surface area contributed by atoms with E-state index in [0.717, 1.165) is 16.2 Å². The van der Waals surface area contributed by atoms with Crippen LogP contribution in [0.2, 0.25) is 5.02 Å². The summed E-state index contributed by atoms with van der Waals surface area (Å²) in [4.78, 5) is 32.8. The quantitative estimate of drug-likeness (QED) is 0.653. The number of amides is 2. The molecule has 0 aliphatic carbocycles. The van der Waals surface area contributed by atoms with E-state index in [1.54, 1.807) is 17.4 Å². The maximum atomic E-state index is 13.0. The van der Waals surface area contributed by atoms with Gasteiger partial charge < -0.3 is 10.2 Å². The SMILES string of the molecule is O=C(CN1C(=O)CC(c2cccs2)=Nc2ccccc21)NCc1ccccc1Cl. The van der Waals surface area contributed by atoms with Crippen molar-refractivity contribution in [3.63, 3.8) is 0 Å². The maximum absolute atomic E-state index is 13.0. The first-order chi connectivity index (χ1) is 14.1. The van der Waals surface area contributed by atoms with Crippen molar-refractivity contribution in [2.24, 2.45) is 4.99 Å². The number of hydrogen-bond acceptors (Lipinski definition) is 4. The Morgan fingerprint density at radius 3 is 2.69 bits per heavy atom. The number of hydrogen-bond donors (Lipinski definition) is 1. The third kappa shape index (κ3) is 4.39. The van der Waals surface area contributed by atoms with Gasteiger partial charge in [0.2, 0.25) is 11.8 Å². The van der Waals surface area contributed by atoms with Crippen LogP contribution in [-0.4, -0.2) is 24.1 Å². The smallest absolute Gasteiger partial charge is 0.240 e. The van der Waals surface area contributed by atoms with Crippen molar-refractivity contribution >= 4 is 51.8 Å². The number of aliphatic imine (C=N–C) groups is 1. The second kappa shape index (κ2) is 8.59. The van der Waals surface area contributed by atoms with Crippen molar-refractivity contribution in [2.75, 3.05) is 11.4 Å². The van der Waals surface area contributed by atoms with Crippen LogP contribution in [0.25, 0.3) is 0 Å². The molecule has 1 aromatic heterocycles. The Kier molecular flexibility index (Phi) is 5.74. The topological polar surface area (TPSA) is 61.8 Å². The summed E-state index contributed by atoms with van der Waals surface area (Å²) in [7, 11) is 0. The van der Waals surface area contributed by atoms with Crippen molar-refractivity contribution in [3.05, 3.63) is 81.5 Å². The molecule has 0 saturated carbocycles. The fourth-order valence-electron chi connectivity index (χ4n) is 3.14. The lowest BCUT2D eigenvalue weighted by Gasteiger charge is -2.22. The summed E-state index contributed by atoms with van der Waals surface area (Å²) in [5.74, 6) is -0.414. The van der Waals surface area contributed by atoms with Gasteiger partial charge >= 0.3 is 0 Å². The van der Waals surface area contributed by atoms with Crippen molar-refractivity contribution in [1.82, 2.24) is 5.32 Å². The van der Waals surface area contributed by atoms with Gasteiger partial charge in [0, 0.05) is 16.4 Å². The van der Waals surface area contributed by atoms with Crippen LogP contribution < -0.4 is 10.2 Å². The summed E-state index contributed by atoms with van der Waals surface area (Å²) < 4.78 is 0. The Balaban J connectivity index is 1.53. The van der Waals surface area contributed by atoms with Crippen LogP contribution in [-0.2, 0) is 16.1 Å². The Labute approximate surface area is 177 Å². The molecule has 0 atom stereocenters. The molecular formula is C22H18ClN3O2S. The number of nitrogens with one attached hydrogen (secondary N) is 1. The molecule has 0 unspecified atom stereocenters. The Morgan fingerprint density at radius 2 is 1.90 bits per heavy atom. The number of rotatable bonds is 5. The van der Waals surface area contributed by atoms with Crippen molar-refractivity contribution < 1.29 is 9.59 Å². The molecule has 7 heteroatoms. The fourth-order valence-corrected chi connectivity index (χ4v) is 4.06. The summed E-state index contributed by atoms with van der Waals surface area (Å²) in [5.41, 5.74) is 2.86. The van der Waals surface area contributed by atoms with Crippen LogP contribution in [0, 0.1) is 0 Å². The largest absolute Gasteiger partial charge is 0.350 e. The third-order valence-electron chi connectivity index (χ3n) is 4.59. The summed E-state index contributed by atoms with van der Waals surface area (Å²) in [5, 5.41) is 5.40. The number of nitrogens with zero attached hydrogens (tertiary/aromatic N) is 2. The molecule has 2 amide bonds. The van der Waals surface area contributed by atoms with E-state index in [9.17, 15) is 9.59 Å². The van der Waals surface area contributed by atoms with E-state index < -0.39 is 0 Å². The number of para-hydroxylation sites is 2. The van der Waals surface area contributed by atoms with Crippen LogP contribution in [0.1, 0.15) is 16.9 Å². The van der Waals surface area contributed by atoms with E-state index in [0.29, 0.717) is 22.9 Å². The highest BCUT2D eigenvalue weighted by molar-refractivity contribution is 7.12. The lowest BCUT2D eigenvalue weighted by molar-refractivity contribution is -0.123. The first kappa shape index (κ1) is 19.4. The van der Waals surface area contributed by atoms with Crippen LogP contribution in [0.5, 0.6) is 0 Å². The molecule has 0 saturated heterocycles. The van der Waals surface area contributed by atoms with Gasteiger partial charge in [-0.25, -0.2) is 4.99 Å². The average Bonchev–Trinajstić information content (AvgIpc) is 3.22. The van der Waals surface area contributed by atoms with Gasteiger partial charge in [-0.2, -0.15) is 0 Å². The monoisotopic (exact) mass is 423 g/mol. The molecule has 3 aromatic rings. The molecule has 2 heterocycles. The predicted octanol–water partition coefficient (Wildman–Crippen LogP) is 4.58. The number of anilines is 1. The second-order valence-corrected chi connectivity index (χ2v) is 7.90. The van der Waals surface area contributed by atoms with Gasteiger partial charge in [0.25, 0.3) is 0 Å². The Bertz CT molecular complexity index is 1080. The fraction of sp³-hybridized carbons (Fsp3) is 0.136. The zero-order valence-electron chi connectivity index (χ0n) is 15.5. The first-order valence-corrected chi connectivity index (χ1v) is 10.4. The summed E-state index contributed by atoms with van der Waals surface area (Å²) in [6, 6.07) is 18.6. The molecule has 0 bridgehead atoms. The molecule has 0 fully saturated rings. The number of halogens is 1. The highest BCUT2D eigenvalue weighted by atomic mass is 35.5. The van der Waals surface area contributed by atoms with Crippen LogP contribution in [0.4, 0.5) is 11.4 Å². The lowest BCUT2D eigenvalue weighted by atomic mass is 10.2. The first-order valence-electron chi connectivity index (χ1n) is 9.13. The molecule has 2 aromatic carbocycles. The van der Waals surface area contributed by atoms with E-state index in [1.165, 1.54) is 4.90 Å². The van der Waals surface area contributed by atoms with Gasteiger partial charge in [-0.15, -0.1) is 11.3 Å². The normalized spacial score (nSPS) is 13.5. The number of fused-ring (bicyclic) bond motifs is 1. The van der Waals surface area contributed by atoms with Gasteiger partial charge in [-0.3, -0.25) is 9.59 Å². The molecule has 5 nitrogen and oxygen atoms in total. The zero-order valence-corrected chi connectivity index (χ0v) is 17.0. The number of thiophene rings is 1. The highest BCUT2D eigenvalue weighted by Crippen LogP contribution is 2.33. The van der Waals surface area contributed by atoms with E-state index in [4.69, 9.17) is 16.6 Å². The lowest BCUT2D eigenvalue weighted by Crippen LogP contribution is -2.41. The Morgan fingerprint density at radius 1 is 1.10 bits per heavy atom. The van der Waals surface area contributed by atoms with Crippen molar-refractivity contribution in [2.45, 2.75) is 13.0 Å². The molecule has 4 rings (SSSR count). The molecule has 146 valence electrons. The summed E-state index contributed by atoms with van der Waals surface area (Å²) in [6.07, 6.45) is 0.146. The van der Waals surface area contributed by atoms with Crippen LogP contribution >= 0.6 is 22.9 Å². The molecular weight excluding hydrogens is 406 g/mol. The maximum Gasteiger partial charge on any atom is 0.240 e. The van der Waals surface area contributed by atoms with E-state index >= 15 is 0 Å². The average molecular weight is 424 g/mol. The standard InChI is InChI=1S/C22H18ClN3O2S/c23-16-7-2-1-6-15(16)13-24-21(27)14-26-19-9-4-3-8-17(19)25-18(12-22(26)28)20-10-5-11-29-20/h1-11H,12-14H2,(H,24,27). The third-order valence-corrected chi connectivity index (χ3v) is 5.88. The number of benzene rings is 2. The van der Waals surface area contributed by atoms with Gasteiger partial charge in [0.15, 0.2) is 0 Å². The highest BCUT2D eigenvalue weighted by Gasteiger charge is 2.26. The van der Waals surface area contributed by atoms with E-state index in [-0.39, 0.29) is 24.8 Å². The summed E-state index contributed by atoms with van der Waals surface area (Å²) >= 11 is 7.69. The molecule has 1 aliphatic rings. The molecule has 1 aliphatic heterocycles. The van der Waals surface area contributed by atoms with E-state index in [1.807, 2.05) is 60.0 Å². The van der Waals surface area contributed by atoms with Crippen molar-refractivity contribution in [1.29, 1.82) is 0 Å². The summed E-state index contributed by atoms with van der Waals surface area (Å²) in [6.45, 7) is 0.229. The minimum Gasteiger partial charge on any atom is -0.350 e. The second-order valence-electron chi connectivity index (χ2n) is 6.55. The molecule has 0 spiro atoms. The minimum atomic E-state index is -0.257. The molecule has 29 heavy (non-hydrogen) atoms. The van der Waals surface area contributed by atoms with Gasteiger partial charge in [0.1, 0.15) is 6.54 Å². The predicted molar refractivity (Wildman–Crippen MR) is 117 cm³/mol. The van der Waals surface area contributed by atoms with Crippen molar-refractivity contribution in [3.8, 4) is 0 Å². The molecule has 0 radical (unpaired) electrons. The minimum absolute atomic E-state index is 0.0759. The van der Waals surface area contributed by atoms with Gasteiger partial charge in [-0.1, -0.05) is 48.0 Å².